The van der Waals surface area contributed by atoms with E-state index in [9.17, 15) is 13.2 Å². The van der Waals surface area contributed by atoms with Crippen molar-refractivity contribution in [1.82, 2.24) is 19.4 Å². The van der Waals surface area contributed by atoms with Crippen molar-refractivity contribution >= 4 is 15.9 Å². The average molecular weight is 378 g/mol. The molecule has 0 saturated carbocycles. The Morgan fingerprint density at radius 2 is 1.81 bits per heavy atom. The Morgan fingerprint density at radius 1 is 1.08 bits per heavy atom. The molecule has 0 radical (unpaired) electrons. The fraction of sp³-hybridized carbons (Fsp3) is 0.611. The first-order valence-corrected chi connectivity index (χ1v) is 10.8. The zero-order chi connectivity index (χ0) is 18.1. The lowest BCUT2D eigenvalue weighted by atomic mass is 10.1. The number of carbonyl (C=O) groups excluding carboxylic acids is 1. The van der Waals surface area contributed by atoms with E-state index in [1.807, 2.05) is 0 Å². The van der Waals surface area contributed by atoms with Crippen LogP contribution < -0.4 is 5.32 Å². The van der Waals surface area contributed by atoms with Crippen LogP contribution in [-0.4, -0.2) is 86.8 Å². The highest BCUT2D eigenvalue weighted by Crippen LogP contribution is 2.21. The number of carbonyl (C=O) groups is 1. The number of piperazine rings is 3. The highest BCUT2D eigenvalue weighted by Gasteiger charge is 2.32. The van der Waals surface area contributed by atoms with E-state index in [4.69, 9.17) is 0 Å². The molecule has 4 aliphatic rings. The van der Waals surface area contributed by atoms with Crippen LogP contribution in [0.15, 0.2) is 29.2 Å². The van der Waals surface area contributed by atoms with Crippen LogP contribution in [0.4, 0.5) is 0 Å². The molecule has 1 amide bonds. The van der Waals surface area contributed by atoms with E-state index in [1.54, 1.807) is 18.2 Å². The zero-order valence-corrected chi connectivity index (χ0v) is 15.7. The fourth-order valence-corrected chi connectivity index (χ4v) is 5.67. The number of hydrogen-bond acceptors (Lipinski definition) is 5. The molecule has 142 valence electrons. The number of rotatable bonds is 5. The van der Waals surface area contributed by atoms with Crippen LogP contribution in [0.5, 0.6) is 0 Å². The molecule has 4 heterocycles. The van der Waals surface area contributed by atoms with Crippen molar-refractivity contribution in [3.63, 3.8) is 0 Å². The minimum absolute atomic E-state index is 0.207. The molecular weight excluding hydrogens is 352 g/mol. The monoisotopic (exact) mass is 378 g/mol. The second kappa shape index (κ2) is 7.26. The van der Waals surface area contributed by atoms with E-state index < -0.39 is 10.0 Å². The minimum atomic E-state index is -3.50. The molecule has 1 N–H and O–H groups in total. The quantitative estimate of drug-likeness (QED) is 0.793. The SMILES string of the molecule is O=C(NCC1CN2CCN1CC2)c1cccc(S(=O)(=O)N2CCCC2)c1. The number of fused-ring (bicyclic) bond motifs is 3. The van der Waals surface area contributed by atoms with Crippen molar-refractivity contribution in [3.8, 4) is 0 Å². The molecule has 1 unspecified atom stereocenters. The number of hydrogen-bond donors (Lipinski definition) is 1. The summed E-state index contributed by atoms with van der Waals surface area (Å²) in [4.78, 5) is 17.6. The van der Waals surface area contributed by atoms with E-state index in [-0.39, 0.29) is 10.8 Å². The molecule has 1 atom stereocenters. The topological polar surface area (TPSA) is 73.0 Å². The van der Waals surface area contributed by atoms with E-state index in [0.29, 0.717) is 31.2 Å². The molecule has 26 heavy (non-hydrogen) atoms. The Hall–Kier alpha value is -1.48. The average Bonchev–Trinajstić information content (AvgIpc) is 3.23. The van der Waals surface area contributed by atoms with Gasteiger partial charge in [-0.1, -0.05) is 6.07 Å². The molecule has 4 aliphatic heterocycles. The summed E-state index contributed by atoms with van der Waals surface area (Å²) < 4.78 is 26.9. The van der Waals surface area contributed by atoms with Gasteiger partial charge in [0.2, 0.25) is 10.0 Å². The van der Waals surface area contributed by atoms with Crippen LogP contribution in [0, 0.1) is 0 Å². The number of benzene rings is 1. The fourth-order valence-electron chi connectivity index (χ4n) is 4.11. The van der Waals surface area contributed by atoms with Gasteiger partial charge in [0.15, 0.2) is 0 Å². The minimum Gasteiger partial charge on any atom is -0.350 e. The maximum absolute atomic E-state index is 12.7. The molecule has 7 nitrogen and oxygen atoms in total. The first-order valence-electron chi connectivity index (χ1n) is 9.39. The summed E-state index contributed by atoms with van der Waals surface area (Å²) in [5.74, 6) is -0.207. The Morgan fingerprint density at radius 3 is 2.46 bits per heavy atom. The first kappa shape index (κ1) is 17.9. The maximum atomic E-state index is 12.7. The van der Waals surface area contributed by atoms with Gasteiger partial charge in [-0.05, 0) is 31.0 Å². The van der Waals surface area contributed by atoms with Crippen LogP contribution in [0.2, 0.25) is 0 Å². The lowest BCUT2D eigenvalue weighted by molar-refractivity contribution is 0.0138. The van der Waals surface area contributed by atoms with Crippen molar-refractivity contribution in [2.45, 2.75) is 23.8 Å². The van der Waals surface area contributed by atoms with E-state index >= 15 is 0 Å². The van der Waals surface area contributed by atoms with Crippen molar-refractivity contribution in [2.75, 3.05) is 52.4 Å². The predicted octanol–water partition coefficient (Wildman–Crippen LogP) is 0.201. The number of sulfonamides is 1. The van der Waals surface area contributed by atoms with E-state index in [1.165, 1.54) is 10.4 Å². The standard InChI is InChI=1S/C18H26N4O3S/c23-18(19-13-16-14-20-8-10-21(16)11-9-20)15-4-3-5-17(12-15)26(24,25)22-6-1-2-7-22/h3-5,12,16H,1-2,6-11,13-14H2,(H,19,23). The summed E-state index contributed by atoms with van der Waals surface area (Å²) in [6.07, 6.45) is 1.79. The van der Waals surface area contributed by atoms with Gasteiger partial charge in [-0.15, -0.1) is 0 Å². The molecule has 1 aromatic rings. The molecule has 2 bridgehead atoms. The molecule has 1 aromatic carbocycles. The second-order valence-corrected chi connectivity index (χ2v) is 9.28. The lowest BCUT2D eigenvalue weighted by Crippen LogP contribution is -2.63. The Labute approximate surface area is 155 Å². The Kier molecular flexibility index (Phi) is 5.00. The summed E-state index contributed by atoms with van der Waals surface area (Å²) in [5.41, 5.74) is 0.404. The number of nitrogens with zero attached hydrogens (tertiary/aromatic N) is 3. The third-order valence-corrected chi connectivity index (χ3v) is 7.58. The van der Waals surface area contributed by atoms with Crippen molar-refractivity contribution in [2.24, 2.45) is 0 Å². The van der Waals surface area contributed by atoms with E-state index in [0.717, 1.165) is 45.6 Å². The molecule has 4 fully saturated rings. The van der Waals surface area contributed by atoms with Crippen molar-refractivity contribution in [3.05, 3.63) is 29.8 Å². The summed E-state index contributed by atoms with van der Waals surface area (Å²) in [6.45, 7) is 7.05. The van der Waals surface area contributed by atoms with Crippen molar-refractivity contribution in [1.29, 1.82) is 0 Å². The van der Waals surface area contributed by atoms with Crippen molar-refractivity contribution < 1.29 is 13.2 Å². The molecule has 8 heteroatoms. The van der Waals surface area contributed by atoms with Crippen LogP contribution >= 0.6 is 0 Å². The van der Waals surface area contributed by atoms with Gasteiger partial charge in [-0.3, -0.25) is 14.6 Å². The Bertz CT molecular complexity index is 768. The first-order chi connectivity index (χ1) is 12.5. The van der Waals surface area contributed by atoms with Crippen LogP contribution in [0.1, 0.15) is 23.2 Å². The molecule has 0 aromatic heterocycles. The van der Waals surface area contributed by atoms with Crippen LogP contribution in [-0.2, 0) is 10.0 Å². The smallest absolute Gasteiger partial charge is 0.251 e. The molecule has 5 rings (SSSR count). The van der Waals surface area contributed by atoms with Gasteiger partial charge in [-0.2, -0.15) is 4.31 Å². The van der Waals surface area contributed by atoms with Gasteiger partial charge < -0.3 is 5.32 Å². The number of nitrogens with one attached hydrogen (secondary N) is 1. The molecular formula is C18H26N4O3S. The zero-order valence-electron chi connectivity index (χ0n) is 14.9. The largest absolute Gasteiger partial charge is 0.350 e. The molecule has 0 aliphatic carbocycles. The molecule has 4 saturated heterocycles. The summed E-state index contributed by atoms with van der Waals surface area (Å²) in [5, 5.41) is 2.99. The third-order valence-electron chi connectivity index (χ3n) is 5.69. The normalized spacial score (nSPS) is 29.0. The van der Waals surface area contributed by atoms with Gasteiger partial charge in [-0.25, -0.2) is 8.42 Å². The van der Waals surface area contributed by atoms with Crippen LogP contribution in [0.25, 0.3) is 0 Å². The third kappa shape index (κ3) is 3.51. The van der Waals surface area contributed by atoms with Gasteiger partial charge in [0, 0.05) is 64.0 Å². The summed E-state index contributed by atoms with van der Waals surface area (Å²) >= 11 is 0. The highest BCUT2D eigenvalue weighted by atomic mass is 32.2. The molecule has 0 spiro atoms. The van der Waals surface area contributed by atoms with Crippen LogP contribution in [0.3, 0.4) is 0 Å². The lowest BCUT2D eigenvalue weighted by Gasteiger charge is -2.47. The maximum Gasteiger partial charge on any atom is 0.251 e. The van der Waals surface area contributed by atoms with Gasteiger partial charge >= 0.3 is 0 Å². The second-order valence-electron chi connectivity index (χ2n) is 7.34. The van der Waals surface area contributed by atoms with Gasteiger partial charge in [0.05, 0.1) is 4.90 Å². The van der Waals surface area contributed by atoms with Gasteiger partial charge in [0.25, 0.3) is 5.91 Å². The predicted molar refractivity (Wildman–Crippen MR) is 98.6 cm³/mol. The Balaban J connectivity index is 1.42. The summed E-state index contributed by atoms with van der Waals surface area (Å²) in [7, 11) is -3.50. The number of amides is 1. The van der Waals surface area contributed by atoms with Gasteiger partial charge in [0.1, 0.15) is 0 Å². The summed E-state index contributed by atoms with van der Waals surface area (Å²) in [6, 6.07) is 6.74. The highest BCUT2D eigenvalue weighted by molar-refractivity contribution is 7.89. The van der Waals surface area contributed by atoms with E-state index in [2.05, 4.69) is 15.1 Å².